The SMILES string of the molecule is O=C(Nc1ccn(Cc2c(Cl)cccc2Cl)n1)c1cc2nc(-c3ccc4ccccc4c3)cc(C(F)(F)F)n2n1. The number of carbonyl (C=O) groups is 1. The largest absolute Gasteiger partial charge is 0.433 e. The highest BCUT2D eigenvalue weighted by Crippen LogP contribution is 2.33. The highest BCUT2D eigenvalue weighted by Gasteiger charge is 2.35. The molecule has 0 saturated carbocycles. The summed E-state index contributed by atoms with van der Waals surface area (Å²) in [7, 11) is 0. The van der Waals surface area contributed by atoms with Gasteiger partial charge in [0.05, 0.1) is 12.2 Å². The number of nitrogens with one attached hydrogen (secondary N) is 1. The quantitative estimate of drug-likeness (QED) is 0.231. The summed E-state index contributed by atoms with van der Waals surface area (Å²) < 4.78 is 44.3. The summed E-state index contributed by atoms with van der Waals surface area (Å²) in [6, 6.07) is 21.6. The molecule has 0 unspecified atom stereocenters. The van der Waals surface area contributed by atoms with Crippen LogP contribution in [0.4, 0.5) is 19.0 Å². The maximum atomic E-state index is 14.0. The maximum Gasteiger partial charge on any atom is 0.433 e. The van der Waals surface area contributed by atoms with Gasteiger partial charge in [0.15, 0.2) is 22.9 Å². The van der Waals surface area contributed by atoms with Crippen LogP contribution in [0.3, 0.4) is 0 Å². The normalized spacial score (nSPS) is 11.8. The van der Waals surface area contributed by atoms with Crippen molar-refractivity contribution >= 4 is 51.3 Å². The third-order valence-electron chi connectivity index (χ3n) is 6.26. The van der Waals surface area contributed by atoms with E-state index in [1.165, 1.54) is 16.8 Å². The topological polar surface area (TPSA) is 77.1 Å². The van der Waals surface area contributed by atoms with Gasteiger partial charge in [0.2, 0.25) is 0 Å². The number of amides is 1. The molecule has 0 spiro atoms. The first kappa shape index (κ1) is 25.8. The molecule has 40 heavy (non-hydrogen) atoms. The second kappa shape index (κ2) is 9.96. The summed E-state index contributed by atoms with van der Waals surface area (Å²) >= 11 is 12.4. The van der Waals surface area contributed by atoms with Crippen molar-refractivity contribution in [2.45, 2.75) is 12.7 Å². The van der Waals surface area contributed by atoms with Gasteiger partial charge in [-0.05, 0) is 35.0 Å². The number of hydrogen-bond donors (Lipinski definition) is 1. The van der Waals surface area contributed by atoms with Crippen LogP contribution in [0.15, 0.2) is 85.1 Å². The van der Waals surface area contributed by atoms with Crippen molar-refractivity contribution in [2.24, 2.45) is 0 Å². The van der Waals surface area contributed by atoms with Crippen LogP contribution >= 0.6 is 23.2 Å². The molecule has 6 aromatic rings. The molecule has 0 aliphatic rings. The molecule has 0 saturated heterocycles. The van der Waals surface area contributed by atoms with Gasteiger partial charge >= 0.3 is 6.18 Å². The molecule has 0 radical (unpaired) electrons. The second-order valence-corrected chi connectivity index (χ2v) is 9.75. The van der Waals surface area contributed by atoms with Crippen molar-refractivity contribution in [1.82, 2.24) is 24.4 Å². The predicted octanol–water partition coefficient (Wildman–Crippen LogP) is 7.37. The fourth-order valence-corrected chi connectivity index (χ4v) is 4.84. The molecule has 0 fully saturated rings. The first-order chi connectivity index (χ1) is 19.2. The zero-order valence-electron chi connectivity index (χ0n) is 20.3. The van der Waals surface area contributed by atoms with Crippen LogP contribution in [-0.4, -0.2) is 30.3 Å². The van der Waals surface area contributed by atoms with Gasteiger partial charge in [-0.25, -0.2) is 9.50 Å². The smallest absolute Gasteiger partial charge is 0.304 e. The lowest BCUT2D eigenvalue weighted by molar-refractivity contribution is -0.142. The third-order valence-corrected chi connectivity index (χ3v) is 6.97. The van der Waals surface area contributed by atoms with E-state index in [2.05, 4.69) is 20.5 Å². The fraction of sp³-hybridized carbons (Fsp3) is 0.0714. The molecule has 3 heterocycles. The van der Waals surface area contributed by atoms with Crippen LogP contribution < -0.4 is 5.32 Å². The number of rotatable bonds is 5. The Morgan fingerprint density at radius 2 is 1.62 bits per heavy atom. The number of aromatic nitrogens is 5. The van der Waals surface area contributed by atoms with Crippen molar-refractivity contribution in [3.05, 3.63) is 112 Å². The molecule has 0 aliphatic carbocycles. The van der Waals surface area contributed by atoms with Gasteiger partial charge in [-0.2, -0.15) is 23.4 Å². The summed E-state index contributed by atoms with van der Waals surface area (Å²) in [5, 5.41) is 13.5. The van der Waals surface area contributed by atoms with Crippen molar-refractivity contribution < 1.29 is 18.0 Å². The Balaban J connectivity index is 1.31. The summed E-state index contributed by atoms with van der Waals surface area (Å²) in [6.07, 6.45) is -3.14. The van der Waals surface area contributed by atoms with Crippen LogP contribution in [0.5, 0.6) is 0 Å². The van der Waals surface area contributed by atoms with Crippen molar-refractivity contribution in [1.29, 1.82) is 0 Å². The number of alkyl halides is 3. The monoisotopic (exact) mass is 580 g/mol. The van der Waals surface area contributed by atoms with Gasteiger partial charge in [0.1, 0.15) is 0 Å². The predicted molar refractivity (Wildman–Crippen MR) is 147 cm³/mol. The number of nitrogens with zero attached hydrogens (tertiary/aromatic N) is 5. The fourth-order valence-electron chi connectivity index (χ4n) is 4.33. The number of halogens is 5. The second-order valence-electron chi connectivity index (χ2n) is 8.94. The van der Waals surface area contributed by atoms with Gasteiger partial charge in [-0.3, -0.25) is 9.48 Å². The van der Waals surface area contributed by atoms with Crippen LogP contribution in [0.25, 0.3) is 27.7 Å². The molecule has 0 atom stereocenters. The van der Waals surface area contributed by atoms with Gasteiger partial charge in [0, 0.05) is 39.5 Å². The highest BCUT2D eigenvalue weighted by atomic mass is 35.5. The molecule has 200 valence electrons. The molecule has 1 amide bonds. The number of carbonyl (C=O) groups excluding carboxylic acids is 1. The molecule has 7 nitrogen and oxygen atoms in total. The van der Waals surface area contributed by atoms with Crippen LogP contribution in [0, 0.1) is 0 Å². The van der Waals surface area contributed by atoms with Crippen LogP contribution in [0.1, 0.15) is 21.7 Å². The van der Waals surface area contributed by atoms with Crippen LogP contribution in [0.2, 0.25) is 10.0 Å². The zero-order chi connectivity index (χ0) is 28.0. The number of benzene rings is 3. The molecule has 0 aliphatic heterocycles. The van der Waals surface area contributed by atoms with Gasteiger partial charge < -0.3 is 5.32 Å². The number of fused-ring (bicyclic) bond motifs is 2. The Morgan fingerprint density at radius 1 is 0.875 bits per heavy atom. The number of hydrogen-bond acceptors (Lipinski definition) is 4. The van der Waals surface area contributed by atoms with Crippen molar-refractivity contribution in [3.63, 3.8) is 0 Å². The van der Waals surface area contributed by atoms with E-state index < -0.39 is 17.8 Å². The Labute approximate surface area is 234 Å². The van der Waals surface area contributed by atoms with E-state index >= 15 is 0 Å². The lowest BCUT2D eigenvalue weighted by Crippen LogP contribution is -2.16. The maximum absolute atomic E-state index is 14.0. The minimum absolute atomic E-state index is 0.106. The Hall–Kier alpha value is -4.41. The van der Waals surface area contributed by atoms with E-state index in [0.717, 1.165) is 16.8 Å². The number of anilines is 1. The molecular formula is C28H17Cl2F3N6O. The van der Waals surface area contributed by atoms with Gasteiger partial charge in [-0.1, -0.05) is 65.7 Å². The zero-order valence-corrected chi connectivity index (χ0v) is 21.8. The minimum Gasteiger partial charge on any atom is -0.304 e. The molecule has 3 aromatic carbocycles. The highest BCUT2D eigenvalue weighted by molar-refractivity contribution is 6.36. The minimum atomic E-state index is -4.74. The molecule has 0 bridgehead atoms. The van der Waals surface area contributed by atoms with Crippen molar-refractivity contribution in [2.75, 3.05) is 5.32 Å². The summed E-state index contributed by atoms with van der Waals surface area (Å²) in [6.45, 7) is 0.249. The average Bonchev–Trinajstić information content (AvgIpc) is 3.56. The first-order valence-corrected chi connectivity index (χ1v) is 12.7. The molecular weight excluding hydrogens is 564 g/mol. The molecule has 6 rings (SSSR count). The lowest BCUT2D eigenvalue weighted by atomic mass is 10.0. The lowest BCUT2D eigenvalue weighted by Gasteiger charge is -2.11. The van der Waals surface area contributed by atoms with Crippen LogP contribution in [-0.2, 0) is 12.7 Å². The van der Waals surface area contributed by atoms with E-state index in [0.29, 0.717) is 25.7 Å². The van der Waals surface area contributed by atoms with E-state index in [-0.39, 0.29) is 29.4 Å². The van der Waals surface area contributed by atoms with Gasteiger partial charge in [0.25, 0.3) is 5.91 Å². The Bertz CT molecular complexity index is 1890. The van der Waals surface area contributed by atoms with E-state index in [1.54, 1.807) is 36.5 Å². The van der Waals surface area contributed by atoms with E-state index in [9.17, 15) is 18.0 Å². The Kier molecular flexibility index (Phi) is 6.44. The average molecular weight is 581 g/mol. The Morgan fingerprint density at radius 3 is 2.38 bits per heavy atom. The van der Waals surface area contributed by atoms with E-state index in [4.69, 9.17) is 23.2 Å². The third kappa shape index (κ3) is 4.99. The molecule has 1 N–H and O–H groups in total. The first-order valence-electron chi connectivity index (χ1n) is 11.9. The molecule has 12 heteroatoms. The van der Waals surface area contributed by atoms with Gasteiger partial charge in [-0.15, -0.1) is 0 Å². The summed E-state index contributed by atoms with van der Waals surface area (Å²) in [5.41, 5.74) is -0.169. The molecule has 3 aromatic heterocycles. The summed E-state index contributed by atoms with van der Waals surface area (Å²) in [5.74, 6) is -0.571. The van der Waals surface area contributed by atoms with E-state index in [1.807, 2.05) is 30.3 Å². The summed E-state index contributed by atoms with van der Waals surface area (Å²) in [4.78, 5) is 17.3. The standard InChI is InChI=1S/C28H17Cl2F3N6O/c29-20-6-3-7-21(30)19(20)15-38-11-10-25(37-38)35-27(40)23-14-26-34-22(13-24(28(31,32)33)39(26)36-23)18-9-8-16-4-1-2-5-17(16)12-18/h1-14H,15H2,(H,35,37,40). The van der Waals surface area contributed by atoms with Crippen molar-refractivity contribution in [3.8, 4) is 11.3 Å².